The molecule has 17 heavy (non-hydrogen) atoms. The van der Waals surface area contributed by atoms with Gasteiger partial charge in [0.15, 0.2) is 0 Å². The summed E-state index contributed by atoms with van der Waals surface area (Å²) >= 11 is 1.56. The second kappa shape index (κ2) is 7.07. The zero-order valence-electron chi connectivity index (χ0n) is 9.52. The predicted octanol–water partition coefficient (Wildman–Crippen LogP) is 0.611. The van der Waals surface area contributed by atoms with Crippen LogP contribution in [0.3, 0.4) is 0 Å². The van der Waals surface area contributed by atoms with Gasteiger partial charge in [0.2, 0.25) is 0 Å². The number of terminal acetylenes is 1. The molecule has 1 atom stereocenters. The van der Waals surface area contributed by atoms with Crippen LogP contribution in [0.15, 0.2) is 0 Å². The van der Waals surface area contributed by atoms with Crippen molar-refractivity contribution >= 4 is 23.8 Å². The number of carboxylic acid groups (broad SMARTS) is 1. The highest BCUT2D eigenvalue weighted by Gasteiger charge is 2.31. The van der Waals surface area contributed by atoms with Crippen molar-refractivity contribution in [3.05, 3.63) is 0 Å². The first-order valence-electron chi connectivity index (χ1n) is 5.45. The van der Waals surface area contributed by atoms with Crippen LogP contribution in [0.25, 0.3) is 0 Å². The highest BCUT2D eigenvalue weighted by Crippen LogP contribution is 2.16. The second-order valence-electron chi connectivity index (χ2n) is 3.66. The van der Waals surface area contributed by atoms with Gasteiger partial charge in [-0.05, 0) is 6.42 Å². The molecule has 1 aliphatic heterocycles. The summed E-state index contributed by atoms with van der Waals surface area (Å²) in [6.07, 6.45) is 6.42. The van der Waals surface area contributed by atoms with Gasteiger partial charge in [-0.25, -0.2) is 9.59 Å². The Morgan fingerprint density at radius 2 is 2.35 bits per heavy atom. The molecule has 6 heteroatoms. The minimum atomic E-state index is -0.948. The third kappa shape index (κ3) is 4.19. The fraction of sp³-hybridized carbons (Fsp3) is 0.636. The summed E-state index contributed by atoms with van der Waals surface area (Å²) in [5.74, 6) is 2.77. The Morgan fingerprint density at radius 3 is 3.00 bits per heavy atom. The van der Waals surface area contributed by atoms with E-state index >= 15 is 0 Å². The predicted molar refractivity (Wildman–Crippen MR) is 66.9 cm³/mol. The number of thioether (sulfide) groups is 1. The van der Waals surface area contributed by atoms with Crippen molar-refractivity contribution in [3.63, 3.8) is 0 Å². The third-order valence-electron chi connectivity index (χ3n) is 2.45. The fourth-order valence-corrected chi connectivity index (χ4v) is 2.58. The lowest BCUT2D eigenvalue weighted by Gasteiger charge is -2.32. The molecule has 2 amide bonds. The number of amides is 2. The van der Waals surface area contributed by atoms with Crippen LogP contribution in [0, 0.1) is 12.3 Å². The number of carbonyl (C=O) groups excluding carboxylic acids is 1. The van der Waals surface area contributed by atoms with E-state index in [-0.39, 0.29) is 6.03 Å². The Bertz CT molecular complexity index is 327. The van der Waals surface area contributed by atoms with Gasteiger partial charge in [0.25, 0.3) is 0 Å². The van der Waals surface area contributed by atoms with Crippen molar-refractivity contribution in [1.29, 1.82) is 0 Å². The zero-order valence-corrected chi connectivity index (χ0v) is 10.3. The molecule has 1 rings (SSSR count). The van der Waals surface area contributed by atoms with Gasteiger partial charge in [-0.15, -0.1) is 12.3 Å². The summed E-state index contributed by atoms with van der Waals surface area (Å²) in [6.45, 7) is 0.960. The molecule has 0 aliphatic carbocycles. The lowest BCUT2D eigenvalue weighted by molar-refractivity contribution is -0.141. The molecule has 0 aromatic carbocycles. The average Bonchev–Trinajstić information content (AvgIpc) is 2.34. The second-order valence-corrected chi connectivity index (χ2v) is 4.81. The standard InChI is InChI=1S/C11H16N2O3S/c1-2-3-4-5-12-11(16)13-6-7-17-8-9(13)10(14)15/h1,9H,3-8H2,(H,12,16)(H,14,15). The normalized spacial score (nSPS) is 19.5. The van der Waals surface area contributed by atoms with Crippen molar-refractivity contribution in [2.45, 2.75) is 18.9 Å². The van der Waals surface area contributed by atoms with E-state index in [2.05, 4.69) is 11.2 Å². The summed E-state index contributed by atoms with van der Waals surface area (Å²) in [6, 6.07) is -1.03. The van der Waals surface area contributed by atoms with Gasteiger partial charge in [-0.1, -0.05) is 0 Å². The number of urea groups is 1. The molecule has 94 valence electrons. The summed E-state index contributed by atoms with van der Waals surface area (Å²) in [5, 5.41) is 11.7. The largest absolute Gasteiger partial charge is 0.480 e. The van der Waals surface area contributed by atoms with Crippen LogP contribution in [-0.4, -0.2) is 52.6 Å². The van der Waals surface area contributed by atoms with E-state index in [4.69, 9.17) is 11.5 Å². The van der Waals surface area contributed by atoms with E-state index < -0.39 is 12.0 Å². The number of unbranched alkanes of at least 4 members (excludes halogenated alkanes) is 1. The number of hydrogen-bond donors (Lipinski definition) is 2. The van der Waals surface area contributed by atoms with Crippen molar-refractivity contribution < 1.29 is 14.7 Å². The van der Waals surface area contributed by atoms with Crippen LogP contribution < -0.4 is 5.32 Å². The highest BCUT2D eigenvalue weighted by molar-refractivity contribution is 7.99. The van der Waals surface area contributed by atoms with Crippen LogP contribution >= 0.6 is 11.8 Å². The quantitative estimate of drug-likeness (QED) is 0.571. The maximum absolute atomic E-state index is 11.8. The minimum absolute atomic E-state index is 0.310. The number of hydrogen-bond acceptors (Lipinski definition) is 3. The van der Waals surface area contributed by atoms with E-state index in [9.17, 15) is 9.59 Å². The van der Waals surface area contributed by atoms with Crippen molar-refractivity contribution in [2.75, 3.05) is 24.6 Å². The van der Waals surface area contributed by atoms with Crippen LogP contribution in [0.4, 0.5) is 4.79 Å². The maximum atomic E-state index is 11.8. The maximum Gasteiger partial charge on any atom is 0.327 e. The van der Waals surface area contributed by atoms with Crippen LogP contribution in [0.5, 0.6) is 0 Å². The highest BCUT2D eigenvalue weighted by atomic mass is 32.2. The molecule has 1 aliphatic rings. The summed E-state index contributed by atoms with van der Waals surface area (Å²) in [4.78, 5) is 24.1. The SMILES string of the molecule is C#CCCCNC(=O)N1CCSCC1C(=O)O. The van der Waals surface area contributed by atoms with Gasteiger partial charge in [0.1, 0.15) is 6.04 Å². The van der Waals surface area contributed by atoms with Crippen molar-refractivity contribution in [3.8, 4) is 12.3 Å². The summed E-state index contributed by atoms with van der Waals surface area (Å²) < 4.78 is 0. The van der Waals surface area contributed by atoms with Gasteiger partial charge in [0, 0.05) is 31.0 Å². The Kier molecular flexibility index (Phi) is 5.70. The summed E-state index contributed by atoms with van der Waals surface area (Å²) in [5.41, 5.74) is 0. The van der Waals surface area contributed by atoms with Gasteiger partial charge >= 0.3 is 12.0 Å². The third-order valence-corrected chi connectivity index (χ3v) is 3.47. The van der Waals surface area contributed by atoms with Crippen LogP contribution in [-0.2, 0) is 4.79 Å². The molecule has 0 saturated carbocycles. The molecule has 1 unspecified atom stereocenters. The Balaban J connectivity index is 2.42. The van der Waals surface area contributed by atoms with E-state index in [0.717, 1.165) is 5.75 Å². The number of nitrogens with one attached hydrogen (secondary N) is 1. The average molecular weight is 256 g/mol. The first-order valence-corrected chi connectivity index (χ1v) is 6.60. The Hall–Kier alpha value is -1.35. The van der Waals surface area contributed by atoms with E-state index in [1.165, 1.54) is 4.90 Å². The molecular formula is C11H16N2O3S. The number of rotatable bonds is 4. The van der Waals surface area contributed by atoms with E-state index in [0.29, 0.717) is 31.7 Å². The molecule has 0 aromatic rings. The monoisotopic (exact) mass is 256 g/mol. The molecule has 0 bridgehead atoms. The lowest BCUT2D eigenvalue weighted by atomic mass is 10.3. The van der Waals surface area contributed by atoms with Crippen molar-refractivity contribution in [1.82, 2.24) is 10.2 Å². The summed E-state index contributed by atoms with van der Waals surface area (Å²) in [7, 11) is 0. The first kappa shape index (κ1) is 13.7. The molecule has 0 spiro atoms. The van der Waals surface area contributed by atoms with E-state index in [1.807, 2.05) is 0 Å². The molecule has 1 fully saturated rings. The minimum Gasteiger partial charge on any atom is -0.480 e. The number of carboxylic acids is 1. The lowest BCUT2D eigenvalue weighted by Crippen LogP contribution is -2.53. The van der Waals surface area contributed by atoms with Crippen LogP contribution in [0.2, 0.25) is 0 Å². The molecule has 1 heterocycles. The van der Waals surface area contributed by atoms with E-state index in [1.54, 1.807) is 11.8 Å². The number of nitrogens with zero attached hydrogens (tertiary/aromatic N) is 1. The Labute approximate surface area is 105 Å². The molecule has 2 N–H and O–H groups in total. The molecular weight excluding hydrogens is 240 g/mol. The van der Waals surface area contributed by atoms with Gasteiger partial charge in [0.05, 0.1) is 0 Å². The van der Waals surface area contributed by atoms with Gasteiger partial charge in [-0.3, -0.25) is 0 Å². The molecule has 0 aromatic heterocycles. The molecule has 0 radical (unpaired) electrons. The first-order chi connectivity index (χ1) is 8.16. The van der Waals surface area contributed by atoms with Crippen LogP contribution in [0.1, 0.15) is 12.8 Å². The topological polar surface area (TPSA) is 69.6 Å². The fourth-order valence-electron chi connectivity index (χ4n) is 1.54. The van der Waals surface area contributed by atoms with Crippen molar-refractivity contribution in [2.24, 2.45) is 0 Å². The number of aliphatic carboxylic acids is 1. The smallest absolute Gasteiger partial charge is 0.327 e. The van der Waals surface area contributed by atoms with Gasteiger partial charge in [-0.2, -0.15) is 11.8 Å². The number of carbonyl (C=O) groups is 2. The molecule has 1 saturated heterocycles. The zero-order chi connectivity index (χ0) is 12.7. The Morgan fingerprint density at radius 1 is 1.59 bits per heavy atom. The molecule has 5 nitrogen and oxygen atoms in total. The van der Waals surface area contributed by atoms with Gasteiger partial charge < -0.3 is 15.3 Å².